The average Bonchev–Trinajstić information content (AvgIpc) is 2.57. The van der Waals surface area contributed by atoms with Crippen molar-refractivity contribution in [2.45, 2.75) is 31.1 Å². The minimum absolute atomic E-state index is 0.0560. The Morgan fingerprint density at radius 3 is 2.89 bits per heavy atom. The number of hydrogen-bond acceptors (Lipinski definition) is 4. The number of nitrogen functional groups attached to an aromatic ring is 1. The van der Waals surface area contributed by atoms with Gasteiger partial charge in [-0.25, -0.2) is 13.4 Å². The van der Waals surface area contributed by atoms with Crippen LogP contribution in [0.15, 0.2) is 21.6 Å². The Hall–Kier alpha value is -0.660. The first-order valence-corrected chi connectivity index (χ1v) is 8.55. The molecule has 2 heterocycles. The van der Waals surface area contributed by atoms with Crippen LogP contribution in [0.3, 0.4) is 0 Å². The third-order valence-electron chi connectivity index (χ3n) is 3.44. The van der Waals surface area contributed by atoms with Crippen molar-refractivity contribution in [2.75, 3.05) is 18.8 Å². The van der Waals surface area contributed by atoms with Crippen LogP contribution in [0.4, 0.5) is 5.82 Å². The first-order valence-electron chi connectivity index (χ1n) is 6.32. The van der Waals surface area contributed by atoms with E-state index in [9.17, 15) is 8.42 Å². The highest BCUT2D eigenvalue weighted by Crippen LogP contribution is 2.27. The van der Waals surface area contributed by atoms with Crippen molar-refractivity contribution in [3.05, 3.63) is 16.7 Å². The molecule has 1 unspecified atom stereocenters. The summed E-state index contributed by atoms with van der Waals surface area (Å²) in [7, 11) is -3.55. The number of nitrogens with two attached hydrogens (primary N) is 1. The summed E-state index contributed by atoms with van der Waals surface area (Å²) in [5.41, 5.74) is 5.71. The molecule has 0 amide bonds. The molecule has 0 bridgehead atoms. The number of anilines is 1. The smallest absolute Gasteiger partial charge is 0.246 e. The van der Waals surface area contributed by atoms with Crippen molar-refractivity contribution >= 4 is 31.8 Å². The van der Waals surface area contributed by atoms with Crippen molar-refractivity contribution in [3.63, 3.8) is 0 Å². The summed E-state index contributed by atoms with van der Waals surface area (Å²) in [6.07, 6.45) is 4.35. The summed E-state index contributed by atoms with van der Waals surface area (Å²) in [5.74, 6) is 0.624. The zero-order valence-corrected chi connectivity index (χ0v) is 13.2. The monoisotopic (exact) mass is 347 g/mol. The van der Waals surface area contributed by atoms with Gasteiger partial charge in [-0.1, -0.05) is 6.92 Å². The molecule has 2 rings (SSSR count). The Labute approximate surface area is 122 Å². The lowest BCUT2D eigenvalue weighted by molar-refractivity contribution is 0.417. The maximum Gasteiger partial charge on any atom is 0.246 e. The third-order valence-corrected chi connectivity index (χ3v) is 5.80. The molecule has 2 N–H and O–H groups in total. The lowest BCUT2D eigenvalue weighted by Crippen LogP contribution is -2.32. The number of halogens is 1. The molecule has 7 heteroatoms. The standard InChI is InChI=1S/C12H18BrN3O2S/c1-9-3-2-5-16(6-4-9)19(17,18)11-7-10(13)8-15-12(11)14/h7-9H,2-6H2,1H3,(H2,14,15). The summed E-state index contributed by atoms with van der Waals surface area (Å²) in [6.45, 7) is 3.26. The third kappa shape index (κ3) is 3.27. The van der Waals surface area contributed by atoms with E-state index in [1.807, 2.05) is 0 Å². The molecule has 106 valence electrons. The van der Waals surface area contributed by atoms with Gasteiger partial charge < -0.3 is 5.73 Å². The van der Waals surface area contributed by atoms with Crippen molar-refractivity contribution in [1.29, 1.82) is 0 Å². The summed E-state index contributed by atoms with van der Waals surface area (Å²) in [4.78, 5) is 4.00. The molecule has 1 aromatic rings. The number of nitrogens with zero attached hydrogens (tertiary/aromatic N) is 2. The second-order valence-electron chi connectivity index (χ2n) is 4.98. The van der Waals surface area contributed by atoms with Crippen molar-refractivity contribution in [1.82, 2.24) is 9.29 Å². The molecule has 5 nitrogen and oxygen atoms in total. The van der Waals surface area contributed by atoms with Gasteiger partial charge in [-0.15, -0.1) is 0 Å². The Bertz CT molecular complexity index is 562. The van der Waals surface area contributed by atoms with Gasteiger partial charge in [-0.05, 0) is 47.2 Å². The van der Waals surface area contributed by atoms with Crippen molar-refractivity contribution < 1.29 is 8.42 Å². The first kappa shape index (κ1) is 14.7. The molecule has 1 saturated heterocycles. The number of hydrogen-bond donors (Lipinski definition) is 1. The predicted octanol–water partition coefficient (Wildman–Crippen LogP) is 2.24. The van der Waals surface area contributed by atoms with E-state index in [2.05, 4.69) is 27.8 Å². The molecule has 1 fully saturated rings. The highest BCUT2D eigenvalue weighted by atomic mass is 79.9. The second kappa shape index (κ2) is 5.76. The van der Waals surface area contributed by atoms with Crippen LogP contribution >= 0.6 is 15.9 Å². The van der Waals surface area contributed by atoms with Gasteiger partial charge in [0.1, 0.15) is 10.7 Å². The van der Waals surface area contributed by atoms with Crippen LogP contribution in [0.1, 0.15) is 26.2 Å². The van der Waals surface area contributed by atoms with E-state index in [0.29, 0.717) is 23.5 Å². The molecule has 0 aromatic carbocycles. The molecule has 19 heavy (non-hydrogen) atoms. The zero-order chi connectivity index (χ0) is 14.0. The van der Waals surface area contributed by atoms with Gasteiger partial charge in [-0.2, -0.15) is 4.31 Å². The molecule has 0 spiro atoms. The van der Waals surface area contributed by atoms with Gasteiger partial charge in [-0.3, -0.25) is 0 Å². The number of sulfonamides is 1. The van der Waals surface area contributed by atoms with Gasteiger partial charge in [0.05, 0.1) is 0 Å². The molecular weight excluding hydrogens is 330 g/mol. The van der Waals surface area contributed by atoms with Crippen LogP contribution in [0.5, 0.6) is 0 Å². The molecule has 0 radical (unpaired) electrons. The Morgan fingerprint density at radius 1 is 1.42 bits per heavy atom. The Morgan fingerprint density at radius 2 is 2.16 bits per heavy atom. The van der Waals surface area contributed by atoms with Crippen LogP contribution < -0.4 is 5.73 Å². The molecule has 1 aromatic heterocycles. The number of pyridine rings is 1. The molecule has 1 aliphatic rings. The Balaban J connectivity index is 2.33. The summed E-state index contributed by atoms with van der Waals surface area (Å²) >= 11 is 3.24. The van der Waals surface area contributed by atoms with Crippen LogP contribution in [0.25, 0.3) is 0 Å². The van der Waals surface area contributed by atoms with E-state index in [-0.39, 0.29) is 10.7 Å². The van der Waals surface area contributed by atoms with E-state index in [1.54, 1.807) is 0 Å². The van der Waals surface area contributed by atoms with Gasteiger partial charge >= 0.3 is 0 Å². The lowest BCUT2D eigenvalue weighted by atomic mass is 10.0. The largest absolute Gasteiger partial charge is 0.383 e. The van der Waals surface area contributed by atoms with E-state index >= 15 is 0 Å². The average molecular weight is 348 g/mol. The minimum Gasteiger partial charge on any atom is -0.383 e. The molecule has 0 saturated carbocycles. The van der Waals surface area contributed by atoms with Crippen molar-refractivity contribution in [2.24, 2.45) is 5.92 Å². The number of aromatic nitrogens is 1. The van der Waals surface area contributed by atoms with Crippen LogP contribution in [0.2, 0.25) is 0 Å². The summed E-state index contributed by atoms with van der Waals surface area (Å²) in [6, 6.07) is 1.52. The molecule has 1 atom stereocenters. The highest BCUT2D eigenvalue weighted by Gasteiger charge is 2.28. The molecular formula is C12H18BrN3O2S. The Kier molecular flexibility index (Phi) is 4.47. The SMILES string of the molecule is CC1CCCN(S(=O)(=O)c2cc(Br)cnc2N)CC1. The fraction of sp³-hybridized carbons (Fsp3) is 0.583. The maximum absolute atomic E-state index is 12.6. The van der Waals surface area contributed by atoms with Crippen LogP contribution in [0, 0.1) is 5.92 Å². The second-order valence-corrected chi connectivity index (χ2v) is 7.80. The quantitative estimate of drug-likeness (QED) is 0.889. The fourth-order valence-electron chi connectivity index (χ4n) is 2.25. The molecule has 0 aliphatic carbocycles. The lowest BCUT2D eigenvalue weighted by Gasteiger charge is -2.20. The fourth-order valence-corrected chi connectivity index (χ4v) is 4.32. The highest BCUT2D eigenvalue weighted by molar-refractivity contribution is 9.10. The van der Waals surface area contributed by atoms with Gasteiger partial charge in [0.15, 0.2) is 0 Å². The van der Waals surface area contributed by atoms with Crippen LogP contribution in [-0.4, -0.2) is 30.8 Å². The normalized spacial score (nSPS) is 22.1. The summed E-state index contributed by atoms with van der Waals surface area (Å²) in [5, 5.41) is 0. The molecule has 1 aliphatic heterocycles. The summed E-state index contributed by atoms with van der Waals surface area (Å²) < 4.78 is 27.3. The predicted molar refractivity (Wildman–Crippen MR) is 78.1 cm³/mol. The topological polar surface area (TPSA) is 76.3 Å². The first-order chi connectivity index (χ1) is 8.91. The van der Waals surface area contributed by atoms with E-state index < -0.39 is 10.0 Å². The maximum atomic E-state index is 12.6. The van der Waals surface area contributed by atoms with Crippen LogP contribution in [-0.2, 0) is 10.0 Å². The van der Waals surface area contributed by atoms with E-state index in [4.69, 9.17) is 5.73 Å². The van der Waals surface area contributed by atoms with Gasteiger partial charge in [0.25, 0.3) is 0 Å². The van der Waals surface area contributed by atoms with Crippen molar-refractivity contribution in [3.8, 4) is 0 Å². The van der Waals surface area contributed by atoms with Gasteiger partial charge in [0.2, 0.25) is 10.0 Å². The van der Waals surface area contributed by atoms with Gasteiger partial charge in [0, 0.05) is 23.8 Å². The number of rotatable bonds is 2. The van der Waals surface area contributed by atoms with E-state index in [0.717, 1.165) is 19.3 Å². The minimum atomic E-state index is -3.55. The zero-order valence-electron chi connectivity index (χ0n) is 10.8. The van der Waals surface area contributed by atoms with E-state index in [1.165, 1.54) is 16.6 Å².